The van der Waals surface area contributed by atoms with E-state index in [4.69, 9.17) is 4.52 Å². The summed E-state index contributed by atoms with van der Waals surface area (Å²) in [6.45, 7) is 7.00. The predicted molar refractivity (Wildman–Crippen MR) is 90.1 cm³/mol. The Bertz CT molecular complexity index is 769. The van der Waals surface area contributed by atoms with Gasteiger partial charge in [-0.15, -0.1) is 0 Å². The van der Waals surface area contributed by atoms with Crippen molar-refractivity contribution in [3.05, 3.63) is 23.1 Å². The second kappa shape index (κ2) is 6.98. The monoisotopic (exact) mass is 346 g/mol. The summed E-state index contributed by atoms with van der Waals surface area (Å²) in [6, 6.07) is 3.91. The number of amides is 1. The van der Waals surface area contributed by atoms with Crippen molar-refractivity contribution in [3.63, 3.8) is 0 Å². The lowest BCUT2D eigenvalue weighted by Gasteiger charge is -2.34. The van der Waals surface area contributed by atoms with E-state index in [1.165, 1.54) is 11.5 Å². The summed E-state index contributed by atoms with van der Waals surface area (Å²) in [5, 5.41) is 16.6. The molecule has 2 aromatic heterocycles. The molecule has 0 atom stereocenters. The molecule has 0 aliphatic carbocycles. The number of nitrogens with one attached hydrogen (secondary N) is 1. The Labute approximate surface area is 143 Å². The number of aryl methyl sites for hydroxylation is 2. The Morgan fingerprint density at radius 2 is 2.17 bits per heavy atom. The minimum Gasteiger partial charge on any atom is -0.360 e. The van der Waals surface area contributed by atoms with Gasteiger partial charge < -0.3 is 14.7 Å². The number of rotatable bonds is 4. The van der Waals surface area contributed by atoms with Crippen LogP contribution in [0.5, 0.6) is 0 Å². The fourth-order valence-electron chi connectivity index (χ4n) is 2.62. The van der Waals surface area contributed by atoms with Gasteiger partial charge in [0, 0.05) is 32.2 Å². The lowest BCUT2D eigenvalue weighted by Crippen LogP contribution is -2.48. The van der Waals surface area contributed by atoms with Gasteiger partial charge in [-0.1, -0.05) is 5.16 Å². The molecule has 0 radical (unpaired) electrons. The van der Waals surface area contributed by atoms with Crippen LogP contribution in [0.4, 0.5) is 10.8 Å². The molecule has 1 N–H and O–H groups in total. The van der Waals surface area contributed by atoms with E-state index in [0.29, 0.717) is 23.7 Å². The van der Waals surface area contributed by atoms with Crippen LogP contribution in [0, 0.1) is 25.2 Å². The van der Waals surface area contributed by atoms with Gasteiger partial charge in [-0.25, -0.2) is 0 Å². The maximum absolute atomic E-state index is 12.0. The van der Waals surface area contributed by atoms with Crippen LogP contribution in [0.2, 0.25) is 0 Å². The Morgan fingerprint density at radius 3 is 2.79 bits per heavy atom. The summed E-state index contributed by atoms with van der Waals surface area (Å²) in [5.74, 6) is 0.991. The third-order valence-electron chi connectivity index (χ3n) is 3.88. The fraction of sp³-hybridized carbons (Fsp3) is 0.467. The molecule has 1 amide bonds. The summed E-state index contributed by atoms with van der Waals surface area (Å²) in [5.41, 5.74) is 1.44. The Kier molecular flexibility index (Phi) is 4.78. The molecule has 24 heavy (non-hydrogen) atoms. The zero-order valence-corrected chi connectivity index (χ0v) is 14.4. The summed E-state index contributed by atoms with van der Waals surface area (Å²) >= 11 is 1.36. The third-order valence-corrected chi connectivity index (χ3v) is 4.88. The average Bonchev–Trinajstić information content (AvgIpc) is 3.13. The molecule has 0 unspecified atom stereocenters. The molecule has 9 heteroatoms. The quantitative estimate of drug-likeness (QED) is 0.893. The molecular weight excluding hydrogens is 328 g/mol. The number of carbonyl (C=O) groups excluding carboxylic acids is 1. The normalized spacial score (nSPS) is 15.3. The molecule has 126 valence electrons. The predicted octanol–water partition coefficient (Wildman–Crippen LogP) is 1.38. The van der Waals surface area contributed by atoms with E-state index in [9.17, 15) is 10.1 Å². The zero-order chi connectivity index (χ0) is 17.1. The number of aromatic nitrogens is 2. The molecule has 1 aliphatic rings. The first-order valence-corrected chi connectivity index (χ1v) is 8.41. The van der Waals surface area contributed by atoms with Gasteiger partial charge in [-0.3, -0.25) is 9.69 Å². The maximum atomic E-state index is 12.0. The number of nitrogens with zero attached hydrogens (tertiary/aromatic N) is 5. The van der Waals surface area contributed by atoms with E-state index in [0.717, 1.165) is 36.9 Å². The van der Waals surface area contributed by atoms with E-state index in [-0.39, 0.29) is 5.91 Å². The Morgan fingerprint density at radius 1 is 1.42 bits per heavy atom. The molecule has 1 saturated heterocycles. The molecule has 1 aliphatic heterocycles. The van der Waals surface area contributed by atoms with Gasteiger partial charge in [0.1, 0.15) is 22.4 Å². The standard InChI is InChI=1S/C15H18N6O2S/c1-10-7-13(18-23-10)17-14(22)9-20-3-5-21(6-4-20)15-12(8-16)11(2)19-24-15/h7H,3-6,9H2,1-2H3,(H,17,18,22). The minimum atomic E-state index is -0.108. The first-order valence-electron chi connectivity index (χ1n) is 7.63. The summed E-state index contributed by atoms with van der Waals surface area (Å²) in [4.78, 5) is 16.3. The fourth-order valence-corrected chi connectivity index (χ4v) is 3.52. The number of carbonyl (C=O) groups is 1. The van der Waals surface area contributed by atoms with Crippen LogP contribution in [0.15, 0.2) is 10.6 Å². The maximum Gasteiger partial charge on any atom is 0.239 e. The first kappa shape index (κ1) is 16.4. The molecule has 0 saturated carbocycles. The van der Waals surface area contributed by atoms with Crippen LogP contribution in [0.3, 0.4) is 0 Å². The van der Waals surface area contributed by atoms with Crippen molar-refractivity contribution in [1.82, 2.24) is 14.4 Å². The van der Waals surface area contributed by atoms with Gasteiger partial charge in [0.15, 0.2) is 5.82 Å². The second-order valence-corrected chi connectivity index (χ2v) is 6.45. The lowest BCUT2D eigenvalue weighted by molar-refractivity contribution is -0.117. The average molecular weight is 346 g/mol. The molecule has 3 rings (SSSR count). The largest absolute Gasteiger partial charge is 0.360 e. The number of piperazine rings is 1. The minimum absolute atomic E-state index is 0.108. The number of hydrogen-bond acceptors (Lipinski definition) is 8. The van der Waals surface area contributed by atoms with E-state index in [1.807, 2.05) is 6.92 Å². The van der Waals surface area contributed by atoms with Crippen molar-refractivity contribution >= 4 is 28.3 Å². The highest BCUT2D eigenvalue weighted by Gasteiger charge is 2.23. The SMILES string of the molecule is Cc1cc(NC(=O)CN2CCN(c3snc(C)c3C#N)CC2)no1. The van der Waals surface area contributed by atoms with Crippen molar-refractivity contribution in [3.8, 4) is 6.07 Å². The summed E-state index contributed by atoms with van der Waals surface area (Å²) in [6.07, 6.45) is 0. The van der Waals surface area contributed by atoms with Crippen LogP contribution < -0.4 is 10.2 Å². The summed E-state index contributed by atoms with van der Waals surface area (Å²) in [7, 11) is 0. The van der Waals surface area contributed by atoms with Gasteiger partial charge in [0.25, 0.3) is 0 Å². The summed E-state index contributed by atoms with van der Waals surface area (Å²) < 4.78 is 9.19. The van der Waals surface area contributed by atoms with Gasteiger partial charge in [0.05, 0.1) is 12.2 Å². The van der Waals surface area contributed by atoms with Crippen molar-refractivity contribution in [1.29, 1.82) is 5.26 Å². The molecule has 2 aromatic rings. The Balaban J connectivity index is 1.52. The number of hydrogen-bond donors (Lipinski definition) is 1. The van der Waals surface area contributed by atoms with Crippen LogP contribution in [0.25, 0.3) is 0 Å². The van der Waals surface area contributed by atoms with E-state index in [2.05, 4.69) is 30.7 Å². The lowest BCUT2D eigenvalue weighted by atomic mass is 10.2. The number of anilines is 2. The molecular formula is C15H18N6O2S. The van der Waals surface area contributed by atoms with Gasteiger partial charge in [-0.05, 0) is 25.4 Å². The highest BCUT2D eigenvalue weighted by Crippen LogP contribution is 2.28. The van der Waals surface area contributed by atoms with Crippen LogP contribution in [-0.4, -0.2) is 53.1 Å². The van der Waals surface area contributed by atoms with Crippen molar-refractivity contribution in [2.45, 2.75) is 13.8 Å². The molecule has 8 nitrogen and oxygen atoms in total. The van der Waals surface area contributed by atoms with Crippen molar-refractivity contribution in [2.75, 3.05) is 42.9 Å². The molecule has 0 spiro atoms. The van der Waals surface area contributed by atoms with Crippen molar-refractivity contribution < 1.29 is 9.32 Å². The molecule has 0 bridgehead atoms. The van der Waals surface area contributed by atoms with Crippen molar-refractivity contribution in [2.24, 2.45) is 0 Å². The third kappa shape index (κ3) is 3.55. The highest BCUT2D eigenvalue weighted by molar-refractivity contribution is 7.10. The zero-order valence-electron chi connectivity index (χ0n) is 13.6. The number of nitriles is 1. The smallest absolute Gasteiger partial charge is 0.239 e. The Hall–Kier alpha value is -2.44. The van der Waals surface area contributed by atoms with E-state index < -0.39 is 0 Å². The molecule has 1 fully saturated rings. The highest BCUT2D eigenvalue weighted by atomic mass is 32.1. The first-order chi connectivity index (χ1) is 11.6. The van der Waals surface area contributed by atoms with Crippen LogP contribution in [0.1, 0.15) is 17.0 Å². The van der Waals surface area contributed by atoms with E-state index in [1.54, 1.807) is 13.0 Å². The van der Waals surface area contributed by atoms with Crippen LogP contribution in [-0.2, 0) is 4.79 Å². The van der Waals surface area contributed by atoms with Gasteiger partial charge in [0.2, 0.25) is 5.91 Å². The molecule has 3 heterocycles. The van der Waals surface area contributed by atoms with E-state index >= 15 is 0 Å². The van der Waals surface area contributed by atoms with Crippen LogP contribution >= 0.6 is 11.5 Å². The van der Waals surface area contributed by atoms with Gasteiger partial charge in [-0.2, -0.15) is 9.64 Å². The second-order valence-electron chi connectivity index (χ2n) is 5.69. The topological polar surface area (TPSA) is 98.3 Å². The molecule has 0 aromatic carbocycles. The van der Waals surface area contributed by atoms with Gasteiger partial charge >= 0.3 is 0 Å².